The van der Waals surface area contributed by atoms with E-state index in [0.29, 0.717) is 16.1 Å². The van der Waals surface area contributed by atoms with Crippen molar-refractivity contribution in [2.75, 3.05) is 5.32 Å². The van der Waals surface area contributed by atoms with Gasteiger partial charge in [0.25, 0.3) is 11.8 Å². The van der Waals surface area contributed by atoms with Crippen LogP contribution in [0.1, 0.15) is 20.8 Å². The molecule has 0 saturated carbocycles. The maximum atomic E-state index is 12.7. The Morgan fingerprint density at radius 3 is 2.44 bits per heavy atom. The number of benzene rings is 2. The molecule has 0 aliphatic rings. The highest BCUT2D eigenvalue weighted by Crippen LogP contribution is 2.27. The Morgan fingerprint density at radius 1 is 0.960 bits per heavy atom. The number of nitrogens with two attached hydrogens (primary N) is 1. The van der Waals surface area contributed by atoms with Crippen LogP contribution in [0.25, 0.3) is 11.1 Å². The van der Waals surface area contributed by atoms with Gasteiger partial charge in [-0.2, -0.15) is 0 Å². The summed E-state index contributed by atoms with van der Waals surface area (Å²) in [5.41, 5.74) is 7.31. The standard InChI is InChI=1S/C19H14ClN3O2/c20-13-9-10-14(15(11-13)12-5-2-1-3-6-12)19(25)23-17-8-4-7-16(22-17)18(21)24/h1-11H,(H2,21,24)(H,22,23,25). The molecule has 0 saturated heterocycles. The number of carbonyl (C=O) groups excluding carboxylic acids is 2. The van der Waals surface area contributed by atoms with Gasteiger partial charge in [-0.1, -0.05) is 48.0 Å². The molecule has 3 rings (SSSR count). The topological polar surface area (TPSA) is 85.1 Å². The zero-order chi connectivity index (χ0) is 17.8. The van der Waals surface area contributed by atoms with Crippen LogP contribution in [0.3, 0.4) is 0 Å². The number of hydrogen-bond donors (Lipinski definition) is 2. The largest absolute Gasteiger partial charge is 0.364 e. The Bertz CT molecular complexity index is 942. The molecular weight excluding hydrogens is 338 g/mol. The number of pyridine rings is 1. The van der Waals surface area contributed by atoms with Crippen LogP contribution in [0.4, 0.5) is 5.82 Å². The van der Waals surface area contributed by atoms with Crippen LogP contribution in [0.5, 0.6) is 0 Å². The number of nitrogens with one attached hydrogen (secondary N) is 1. The van der Waals surface area contributed by atoms with Crippen LogP contribution in [0, 0.1) is 0 Å². The second-order valence-corrected chi connectivity index (χ2v) is 5.72. The van der Waals surface area contributed by atoms with Crippen molar-refractivity contribution in [2.45, 2.75) is 0 Å². The molecule has 1 aromatic heterocycles. The average molecular weight is 352 g/mol. The molecule has 2 aromatic carbocycles. The van der Waals surface area contributed by atoms with Crippen molar-refractivity contribution < 1.29 is 9.59 Å². The van der Waals surface area contributed by atoms with Gasteiger partial charge < -0.3 is 11.1 Å². The molecule has 0 unspecified atom stereocenters. The maximum absolute atomic E-state index is 12.7. The van der Waals surface area contributed by atoms with E-state index in [0.717, 1.165) is 5.56 Å². The van der Waals surface area contributed by atoms with Gasteiger partial charge >= 0.3 is 0 Å². The molecule has 6 heteroatoms. The SMILES string of the molecule is NC(=O)c1cccc(NC(=O)c2ccc(Cl)cc2-c2ccccc2)n1. The number of primary amides is 1. The number of carbonyl (C=O) groups is 2. The van der Waals surface area contributed by atoms with Crippen molar-refractivity contribution in [1.82, 2.24) is 4.98 Å². The van der Waals surface area contributed by atoms with Gasteiger partial charge in [0.05, 0.1) is 0 Å². The van der Waals surface area contributed by atoms with Crippen molar-refractivity contribution in [3.63, 3.8) is 0 Å². The summed E-state index contributed by atoms with van der Waals surface area (Å²) >= 11 is 6.09. The first-order chi connectivity index (χ1) is 12.0. The Labute approximate surface area is 149 Å². The van der Waals surface area contributed by atoms with Gasteiger partial charge in [-0.15, -0.1) is 0 Å². The number of halogens is 1. The quantitative estimate of drug-likeness (QED) is 0.750. The predicted octanol–water partition coefficient (Wildman–Crippen LogP) is 3.75. The van der Waals surface area contributed by atoms with Crippen LogP contribution < -0.4 is 11.1 Å². The van der Waals surface area contributed by atoms with E-state index in [4.69, 9.17) is 17.3 Å². The molecule has 3 N–H and O–H groups in total. The minimum Gasteiger partial charge on any atom is -0.364 e. The molecular formula is C19H14ClN3O2. The van der Waals surface area contributed by atoms with Crippen LogP contribution in [0.15, 0.2) is 66.7 Å². The van der Waals surface area contributed by atoms with Crippen molar-refractivity contribution in [2.24, 2.45) is 5.73 Å². The van der Waals surface area contributed by atoms with Crippen molar-refractivity contribution in [1.29, 1.82) is 0 Å². The fraction of sp³-hybridized carbons (Fsp3) is 0. The molecule has 25 heavy (non-hydrogen) atoms. The number of aromatic nitrogens is 1. The highest BCUT2D eigenvalue weighted by atomic mass is 35.5. The van der Waals surface area contributed by atoms with Gasteiger partial charge in [0.1, 0.15) is 11.5 Å². The van der Waals surface area contributed by atoms with Gasteiger partial charge in [0.15, 0.2) is 0 Å². The van der Waals surface area contributed by atoms with E-state index in [1.165, 1.54) is 6.07 Å². The van der Waals surface area contributed by atoms with Gasteiger partial charge in [0, 0.05) is 10.6 Å². The molecule has 0 aliphatic carbocycles. The summed E-state index contributed by atoms with van der Waals surface area (Å²) in [6, 6.07) is 19.2. The maximum Gasteiger partial charge on any atom is 0.267 e. The molecule has 1 heterocycles. The van der Waals surface area contributed by atoms with Crippen LogP contribution in [-0.4, -0.2) is 16.8 Å². The van der Waals surface area contributed by atoms with Crippen molar-refractivity contribution in [3.05, 3.63) is 83.0 Å². The highest BCUT2D eigenvalue weighted by molar-refractivity contribution is 6.31. The monoisotopic (exact) mass is 351 g/mol. The van der Waals surface area contributed by atoms with Crippen molar-refractivity contribution in [3.8, 4) is 11.1 Å². The molecule has 0 aliphatic heterocycles. The van der Waals surface area contributed by atoms with E-state index < -0.39 is 5.91 Å². The molecule has 0 atom stereocenters. The zero-order valence-electron chi connectivity index (χ0n) is 13.1. The number of rotatable bonds is 4. The predicted molar refractivity (Wildman–Crippen MR) is 97.6 cm³/mol. The van der Waals surface area contributed by atoms with E-state index in [1.807, 2.05) is 30.3 Å². The van der Waals surface area contributed by atoms with Crippen molar-refractivity contribution >= 4 is 29.2 Å². The third-order valence-corrected chi connectivity index (χ3v) is 3.79. The Hall–Kier alpha value is -3.18. The molecule has 5 nitrogen and oxygen atoms in total. The number of amides is 2. The normalized spacial score (nSPS) is 10.3. The number of hydrogen-bond acceptors (Lipinski definition) is 3. The first-order valence-corrected chi connectivity index (χ1v) is 7.85. The lowest BCUT2D eigenvalue weighted by Gasteiger charge is -2.11. The summed E-state index contributed by atoms with van der Waals surface area (Å²) in [4.78, 5) is 27.9. The average Bonchev–Trinajstić information content (AvgIpc) is 2.62. The zero-order valence-corrected chi connectivity index (χ0v) is 13.8. The lowest BCUT2D eigenvalue weighted by atomic mass is 9.99. The van der Waals surface area contributed by atoms with Gasteiger partial charge in [-0.25, -0.2) is 4.98 Å². The Balaban J connectivity index is 1.95. The number of anilines is 1. The minimum absolute atomic E-state index is 0.0807. The molecule has 3 aromatic rings. The molecule has 0 fully saturated rings. The summed E-state index contributed by atoms with van der Waals surface area (Å²) in [5, 5.41) is 3.21. The van der Waals surface area contributed by atoms with Crippen LogP contribution in [-0.2, 0) is 0 Å². The first kappa shape index (κ1) is 16.7. The van der Waals surface area contributed by atoms with E-state index in [2.05, 4.69) is 10.3 Å². The third-order valence-electron chi connectivity index (χ3n) is 3.55. The summed E-state index contributed by atoms with van der Waals surface area (Å²) in [6.45, 7) is 0. The molecule has 0 radical (unpaired) electrons. The molecule has 0 bridgehead atoms. The Kier molecular flexibility index (Phi) is 4.77. The second-order valence-electron chi connectivity index (χ2n) is 5.28. The second kappa shape index (κ2) is 7.15. The lowest BCUT2D eigenvalue weighted by molar-refractivity contribution is 0.0991. The number of nitrogens with zero attached hydrogens (tertiary/aromatic N) is 1. The fourth-order valence-electron chi connectivity index (χ4n) is 2.40. The summed E-state index contributed by atoms with van der Waals surface area (Å²) < 4.78 is 0. The summed E-state index contributed by atoms with van der Waals surface area (Å²) in [5.74, 6) is -0.771. The summed E-state index contributed by atoms with van der Waals surface area (Å²) in [7, 11) is 0. The van der Waals surface area contributed by atoms with Crippen LogP contribution >= 0.6 is 11.6 Å². The Morgan fingerprint density at radius 2 is 1.72 bits per heavy atom. The molecule has 2 amide bonds. The highest BCUT2D eigenvalue weighted by Gasteiger charge is 2.14. The van der Waals surface area contributed by atoms with E-state index in [9.17, 15) is 9.59 Å². The van der Waals surface area contributed by atoms with E-state index >= 15 is 0 Å². The fourth-order valence-corrected chi connectivity index (χ4v) is 2.57. The van der Waals surface area contributed by atoms with E-state index in [-0.39, 0.29) is 17.4 Å². The van der Waals surface area contributed by atoms with Crippen LogP contribution in [0.2, 0.25) is 5.02 Å². The van der Waals surface area contributed by atoms with Gasteiger partial charge in [-0.05, 0) is 41.5 Å². The molecule has 0 spiro atoms. The summed E-state index contributed by atoms with van der Waals surface area (Å²) in [6.07, 6.45) is 0. The smallest absolute Gasteiger partial charge is 0.267 e. The minimum atomic E-state index is -0.660. The molecule has 124 valence electrons. The first-order valence-electron chi connectivity index (χ1n) is 7.48. The van der Waals surface area contributed by atoms with Gasteiger partial charge in [-0.3, -0.25) is 9.59 Å². The third kappa shape index (κ3) is 3.84. The van der Waals surface area contributed by atoms with Gasteiger partial charge in [0.2, 0.25) is 0 Å². The lowest BCUT2D eigenvalue weighted by Crippen LogP contribution is -2.17. The van der Waals surface area contributed by atoms with E-state index in [1.54, 1.807) is 30.3 Å².